The molecule has 186 valence electrons. The van der Waals surface area contributed by atoms with Gasteiger partial charge in [-0.3, -0.25) is 9.59 Å². The van der Waals surface area contributed by atoms with Gasteiger partial charge in [0, 0.05) is 37.2 Å². The molecule has 0 saturated carbocycles. The van der Waals surface area contributed by atoms with Crippen LogP contribution < -0.4 is 4.74 Å². The van der Waals surface area contributed by atoms with E-state index in [-0.39, 0.29) is 37.2 Å². The first-order valence-electron chi connectivity index (χ1n) is 11.9. The van der Waals surface area contributed by atoms with Crippen LogP contribution in [-0.2, 0) is 11.4 Å². The maximum Gasteiger partial charge on any atom is 0.264 e. The maximum atomic E-state index is 12.7. The lowest BCUT2D eigenvalue weighted by molar-refractivity contribution is -0.132. The second kappa shape index (κ2) is 10.5. The van der Waals surface area contributed by atoms with Crippen molar-refractivity contribution in [3.8, 4) is 5.75 Å². The van der Waals surface area contributed by atoms with Crippen molar-refractivity contribution in [2.45, 2.75) is 45.1 Å². The number of piperidine rings is 1. The highest BCUT2D eigenvalue weighted by Gasteiger charge is 2.27. The molecule has 10 heteroatoms. The summed E-state index contributed by atoms with van der Waals surface area (Å²) >= 11 is 6.16. The number of likely N-dealkylation sites (tertiary alicyclic amines) is 1. The summed E-state index contributed by atoms with van der Waals surface area (Å²) in [4.78, 5) is 31.7. The number of rotatable bonds is 7. The van der Waals surface area contributed by atoms with Crippen molar-refractivity contribution in [3.05, 3.63) is 71.0 Å². The zero-order valence-electron chi connectivity index (χ0n) is 19.9. The molecule has 5 rings (SSSR count). The van der Waals surface area contributed by atoms with E-state index in [0.29, 0.717) is 40.7 Å². The molecule has 1 aliphatic heterocycles. The standard InChI is InChI=1S/C26H26ClN5O4/c1-17-5-7-19(8-6-17)35-16-23-29-26(30-36-23)18-11-13-31(14-12-18)24(33)9-10-25(34)32-22-4-2-3-21(27)20(22)15-28-32/h2-8,15,18H,9-14,16H2,1H3. The Kier molecular flexibility index (Phi) is 6.99. The number of carbonyl (C=O) groups is 2. The first kappa shape index (κ1) is 24.0. The van der Waals surface area contributed by atoms with Crippen molar-refractivity contribution in [1.82, 2.24) is 24.8 Å². The van der Waals surface area contributed by atoms with Crippen molar-refractivity contribution >= 4 is 34.3 Å². The number of hydrogen-bond donors (Lipinski definition) is 0. The Hall–Kier alpha value is -3.72. The molecule has 2 aromatic carbocycles. The lowest BCUT2D eigenvalue weighted by Crippen LogP contribution is -2.38. The van der Waals surface area contributed by atoms with Crippen LogP contribution in [0.25, 0.3) is 10.9 Å². The Labute approximate surface area is 213 Å². The van der Waals surface area contributed by atoms with Crippen molar-refractivity contribution in [1.29, 1.82) is 0 Å². The van der Waals surface area contributed by atoms with E-state index in [1.807, 2.05) is 31.2 Å². The van der Waals surface area contributed by atoms with Crippen LogP contribution in [0.1, 0.15) is 53.7 Å². The van der Waals surface area contributed by atoms with E-state index in [0.717, 1.165) is 24.2 Å². The van der Waals surface area contributed by atoms with Gasteiger partial charge in [-0.1, -0.05) is 40.5 Å². The molecule has 1 aliphatic rings. The molecule has 0 aliphatic carbocycles. The van der Waals surface area contributed by atoms with Gasteiger partial charge in [-0.15, -0.1) is 0 Å². The number of fused-ring (bicyclic) bond motifs is 1. The van der Waals surface area contributed by atoms with Crippen LogP contribution in [0.15, 0.2) is 53.2 Å². The summed E-state index contributed by atoms with van der Waals surface area (Å²) in [6.07, 6.45) is 3.26. The third-order valence-corrected chi connectivity index (χ3v) is 6.76. The normalized spacial score (nSPS) is 14.3. The Bertz CT molecular complexity index is 1370. The number of hydrogen-bond acceptors (Lipinski definition) is 7. The first-order chi connectivity index (χ1) is 17.5. The SMILES string of the molecule is Cc1ccc(OCc2nc(C3CCN(C(=O)CCC(=O)n4ncc5c(Cl)cccc54)CC3)no2)cc1. The molecule has 2 aromatic heterocycles. The third kappa shape index (κ3) is 5.26. The second-order valence-electron chi connectivity index (χ2n) is 8.93. The topological polar surface area (TPSA) is 103 Å². The van der Waals surface area contributed by atoms with Crippen molar-refractivity contribution in [2.75, 3.05) is 13.1 Å². The number of ether oxygens (including phenoxy) is 1. The smallest absolute Gasteiger partial charge is 0.264 e. The molecule has 0 unspecified atom stereocenters. The second-order valence-corrected chi connectivity index (χ2v) is 9.33. The van der Waals surface area contributed by atoms with Crippen LogP contribution in [-0.4, -0.2) is 49.7 Å². The average Bonchev–Trinajstić information content (AvgIpc) is 3.55. The van der Waals surface area contributed by atoms with E-state index in [2.05, 4.69) is 15.2 Å². The third-order valence-electron chi connectivity index (χ3n) is 6.43. The highest BCUT2D eigenvalue weighted by Crippen LogP contribution is 2.27. The Morgan fingerprint density at radius 1 is 1.08 bits per heavy atom. The first-order valence-corrected chi connectivity index (χ1v) is 12.3. The molecular formula is C26H26ClN5O4. The molecule has 0 radical (unpaired) electrons. The van der Waals surface area contributed by atoms with Crippen molar-refractivity contribution in [3.63, 3.8) is 0 Å². The van der Waals surface area contributed by atoms with Gasteiger partial charge < -0.3 is 14.2 Å². The van der Waals surface area contributed by atoms with Gasteiger partial charge in [0.15, 0.2) is 12.4 Å². The van der Waals surface area contributed by atoms with E-state index >= 15 is 0 Å². The van der Waals surface area contributed by atoms with E-state index in [4.69, 9.17) is 20.9 Å². The minimum atomic E-state index is -0.234. The van der Waals surface area contributed by atoms with E-state index < -0.39 is 0 Å². The van der Waals surface area contributed by atoms with Crippen molar-refractivity contribution in [2.24, 2.45) is 0 Å². The molecular weight excluding hydrogens is 482 g/mol. The average molecular weight is 508 g/mol. The fourth-order valence-electron chi connectivity index (χ4n) is 4.35. The lowest BCUT2D eigenvalue weighted by atomic mass is 9.96. The fraction of sp³-hybridized carbons (Fsp3) is 0.346. The van der Waals surface area contributed by atoms with Crippen LogP contribution >= 0.6 is 11.6 Å². The molecule has 36 heavy (non-hydrogen) atoms. The molecule has 4 aromatic rings. The molecule has 3 heterocycles. The molecule has 0 N–H and O–H groups in total. The Morgan fingerprint density at radius 3 is 2.61 bits per heavy atom. The zero-order chi connectivity index (χ0) is 25.1. The molecule has 0 spiro atoms. The van der Waals surface area contributed by atoms with Crippen LogP contribution in [0.5, 0.6) is 5.75 Å². The molecule has 1 fully saturated rings. The molecule has 0 bridgehead atoms. The number of nitrogens with zero attached hydrogens (tertiary/aromatic N) is 5. The van der Waals surface area contributed by atoms with Crippen LogP contribution in [0.2, 0.25) is 5.02 Å². The number of halogens is 1. The van der Waals surface area contributed by atoms with Crippen LogP contribution in [0.3, 0.4) is 0 Å². The van der Waals surface area contributed by atoms with Crippen molar-refractivity contribution < 1.29 is 18.8 Å². The predicted octanol–water partition coefficient (Wildman–Crippen LogP) is 4.79. The van der Waals surface area contributed by atoms with E-state index in [1.54, 1.807) is 29.3 Å². The van der Waals surface area contributed by atoms with Crippen LogP contribution in [0, 0.1) is 6.92 Å². The summed E-state index contributed by atoms with van der Waals surface area (Å²) in [7, 11) is 0. The monoisotopic (exact) mass is 507 g/mol. The van der Waals surface area contributed by atoms with Gasteiger partial charge >= 0.3 is 0 Å². The summed E-state index contributed by atoms with van der Waals surface area (Å²) in [5.41, 5.74) is 1.81. The highest BCUT2D eigenvalue weighted by molar-refractivity contribution is 6.35. The summed E-state index contributed by atoms with van der Waals surface area (Å²) in [6.45, 7) is 3.40. The van der Waals surface area contributed by atoms with Gasteiger partial charge in [0.2, 0.25) is 11.8 Å². The summed E-state index contributed by atoms with van der Waals surface area (Å²) < 4.78 is 12.4. The van der Waals surface area contributed by atoms with Gasteiger partial charge in [-0.25, -0.2) is 4.68 Å². The number of aromatic nitrogens is 4. The van der Waals surface area contributed by atoms with Gasteiger partial charge in [0.25, 0.3) is 5.89 Å². The van der Waals surface area contributed by atoms with E-state index in [9.17, 15) is 9.59 Å². The van der Waals surface area contributed by atoms with E-state index in [1.165, 1.54) is 4.68 Å². The zero-order valence-corrected chi connectivity index (χ0v) is 20.6. The molecule has 0 atom stereocenters. The van der Waals surface area contributed by atoms with Gasteiger partial charge in [0.1, 0.15) is 5.75 Å². The number of benzene rings is 2. The van der Waals surface area contributed by atoms with Crippen LogP contribution in [0.4, 0.5) is 0 Å². The minimum Gasteiger partial charge on any atom is -0.484 e. The number of aryl methyl sites for hydroxylation is 1. The van der Waals surface area contributed by atoms with Gasteiger partial charge in [-0.05, 0) is 44.0 Å². The number of amides is 1. The van der Waals surface area contributed by atoms with Gasteiger partial charge in [-0.2, -0.15) is 10.1 Å². The summed E-state index contributed by atoms with van der Waals surface area (Å²) in [6, 6.07) is 13.1. The molecule has 9 nitrogen and oxygen atoms in total. The minimum absolute atomic E-state index is 0.0448. The quantitative estimate of drug-likeness (QED) is 0.354. The number of carbonyl (C=O) groups excluding carboxylic acids is 2. The predicted molar refractivity (Wildman–Crippen MR) is 133 cm³/mol. The molecule has 1 saturated heterocycles. The Morgan fingerprint density at radius 2 is 1.83 bits per heavy atom. The Balaban J connectivity index is 1.09. The summed E-state index contributed by atoms with van der Waals surface area (Å²) in [5.74, 6) is 1.65. The largest absolute Gasteiger partial charge is 0.484 e. The lowest BCUT2D eigenvalue weighted by Gasteiger charge is -2.30. The fourth-order valence-corrected chi connectivity index (χ4v) is 4.57. The van der Waals surface area contributed by atoms with Gasteiger partial charge in [0.05, 0.1) is 16.7 Å². The maximum absolute atomic E-state index is 12.7. The highest BCUT2D eigenvalue weighted by atomic mass is 35.5. The molecule has 1 amide bonds. The summed E-state index contributed by atoms with van der Waals surface area (Å²) in [5, 5.41) is 9.53.